The molecule has 3 atom stereocenters. The molecule has 0 aromatic carbocycles. The standard InChI is InChI=1S/C21H33N3O5S/c1-21(10-11-21)22-30(28,29)15-8-9-17-16(12-15)19(26)24(20(27)23(17)2)13-18(25)14-6-4-3-5-7-14/h14-17,22H,3-13H2,1-2H3. The van der Waals surface area contributed by atoms with Crippen molar-refractivity contribution in [1.82, 2.24) is 14.5 Å². The number of carbonyl (C=O) groups is 3. The molecule has 4 aliphatic rings. The number of carbonyl (C=O) groups excluding carboxylic acids is 3. The molecule has 0 radical (unpaired) electrons. The quantitative estimate of drug-likeness (QED) is 0.682. The van der Waals surface area contributed by atoms with Crippen LogP contribution in [-0.2, 0) is 19.6 Å². The summed E-state index contributed by atoms with van der Waals surface area (Å²) >= 11 is 0. The SMILES string of the molecule is CN1C(=O)N(CC(=O)C2CCCCC2)C(=O)C2CC(S(=O)(=O)NC3(C)CC3)CCC21. The molecule has 4 rings (SSSR count). The van der Waals surface area contributed by atoms with Crippen molar-refractivity contribution in [2.45, 2.75) is 88.0 Å². The summed E-state index contributed by atoms with van der Waals surface area (Å²) in [4.78, 5) is 41.4. The van der Waals surface area contributed by atoms with Crippen LogP contribution < -0.4 is 4.72 Å². The highest BCUT2D eigenvalue weighted by molar-refractivity contribution is 7.90. The summed E-state index contributed by atoms with van der Waals surface area (Å²) in [6.07, 6.45) is 7.55. The lowest BCUT2D eigenvalue weighted by molar-refractivity contribution is -0.143. The fourth-order valence-electron chi connectivity index (χ4n) is 5.32. The molecule has 0 aromatic rings. The van der Waals surface area contributed by atoms with Gasteiger partial charge in [-0.1, -0.05) is 19.3 Å². The van der Waals surface area contributed by atoms with E-state index in [-0.39, 0.29) is 42.2 Å². The minimum atomic E-state index is -3.53. The van der Waals surface area contributed by atoms with E-state index in [1.54, 1.807) is 11.9 Å². The van der Waals surface area contributed by atoms with Crippen molar-refractivity contribution < 1.29 is 22.8 Å². The molecule has 3 aliphatic carbocycles. The zero-order chi connectivity index (χ0) is 21.7. The summed E-state index contributed by atoms with van der Waals surface area (Å²) in [5.41, 5.74) is -0.350. The Balaban J connectivity index is 1.47. The van der Waals surface area contributed by atoms with E-state index in [9.17, 15) is 22.8 Å². The van der Waals surface area contributed by atoms with E-state index in [0.717, 1.165) is 49.8 Å². The number of hydrogen-bond donors (Lipinski definition) is 1. The first-order chi connectivity index (χ1) is 14.1. The number of imide groups is 1. The number of Topliss-reactive ketones (excluding diaryl/α,β-unsaturated/α-hetero) is 1. The topological polar surface area (TPSA) is 104 Å². The summed E-state index contributed by atoms with van der Waals surface area (Å²) in [5.74, 6) is -1.09. The Labute approximate surface area is 178 Å². The Morgan fingerprint density at radius 1 is 1.10 bits per heavy atom. The lowest BCUT2D eigenvalue weighted by atomic mass is 9.80. The smallest absolute Gasteiger partial charge is 0.324 e. The molecule has 0 bridgehead atoms. The molecule has 1 heterocycles. The number of sulfonamides is 1. The molecule has 9 heteroatoms. The highest BCUT2D eigenvalue weighted by Crippen LogP contribution is 2.40. The fraction of sp³-hybridized carbons (Fsp3) is 0.857. The van der Waals surface area contributed by atoms with E-state index >= 15 is 0 Å². The number of nitrogens with one attached hydrogen (secondary N) is 1. The predicted octanol–water partition coefficient (Wildman–Crippen LogP) is 2.04. The first-order valence-electron chi connectivity index (χ1n) is 11.2. The first-order valence-corrected chi connectivity index (χ1v) is 12.8. The summed E-state index contributed by atoms with van der Waals surface area (Å²) in [7, 11) is -1.88. The predicted molar refractivity (Wildman–Crippen MR) is 111 cm³/mol. The minimum absolute atomic E-state index is 0.0495. The Kier molecular flexibility index (Phi) is 5.72. The maximum absolute atomic E-state index is 13.2. The van der Waals surface area contributed by atoms with Gasteiger partial charge in [0.15, 0.2) is 5.78 Å². The number of ketones is 1. The molecule has 0 spiro atoms. The molecular formula is C21H33N3O5S. The number of hydrogen-bond acceptors (Lipinski definition) is 5. The lowest BCUT2D eigenvalue weighted by Crippen LogP contribution is -2.63. The van der Waals surface area contributed by atoms with Crippen LogP contribution in [0.25, 0.3) is 0 Å². The van der Waals surface area contributed by atoms with E-state index in [2.05, 4.69) is 4.72 Å². The second-order valence-electron chi connectivity index (χ2n) is 9.94. The summed E-state index contributed by atoms with van der Waals surface area (Å²) in [6, 6.07) is -0.732. The van der Waals surface area contributed by atoms with Gasteiger partial charge < -0.3 is 4.90 Å². The van der Waals surface area contributed by atoms with Gasteiger partial charge in [-0.2, -0.15) is 0 Å². The van der Waals surface area contributed by atoms with E-state index in [1.165, 1.54) is 0 Å². The molecule has 1 aliphatic heterocycles. The van der Waals surface area contributed by atoms with Crippen LogP contribution in [0.1, 0.15) is 71.1 Å². The van der Waals surface area contributed by atoms with Gasteiger partial charge in [-0.25, -0.2) is 17.9 Å². The molecule has 3 unspecified atom stereocenters. The van der Waals surface area contributed by atoms with Gasteiger partial charge in [0.2, 0.25) is 15.9 Å². The van der Waals surface area contributed by atoms with Crippen LogP contribution in [0.5, 0.6) is 0 Å². The second-order valence-corrected chi connectivity index (χ2v) is 11.9. The third-order valence-corrected chi connectivity index (χ3v) is 9.66. The zero-order valence-corrected chi connectivity index (χ0v) is 18.7. The average molecular weight is 440 g/mol. The van der Waals surface area contributed by atoms with Crippen molar-refractivity contribution in [2.75, 3.05) is 13.6 Å². The van der Waals surface area contributed by atoms with Gasteiger partial charge in [0.1, 0.15) is 0 Å². The van der Waals surface area contributed by atoms with Gasteiger partial charge >= 0.3 is 6.03 Å². The van der Waals surface area contributed by atoms with Crippen molar-refractivity contribution in [3.05, 3.63) is 0 Å². The molecule has 8 nitrogen and oxygen atoms in total. The monoisotopic (exact) mass is 439 g/mol. The fourth-order valence-corrected chi connectivity index (χ4v) is 7.29. The molecule has 0 aromatic heterocycles. The zero-order valence-electron chi connectivity index (χ0n) is 17.9. The van der Waals surface area contributed by atoms with Crippen LogP contribution in [0.4, 0.5) is 4.79 Å². The normalized spacial score (nSPS) is 32.1. The summed E-state index contributed by atoms with van der Waals surface area (Å²) < 4.78 is 28.5. The highest BCUT2D eigenvalue weighted by Gasteiger charge is 2.51. The Morgan fingerprint density at radius 2 is 1.77 bits per heavy atom. The Hall–Kier alpha value is -1.48. The molecule has 3 saturated carbocycles. The van der Waals surface area contributed by atoms with E-state index in [0.29, 0.717) is 12.8 Å². The van der Waals surface area contributed by atoms with Gasteiger partial charge in [-0.05, 0) is 51.9 Å². The van der Waals surface area contributed by atoms with Crippen molar-refractivity contribution in [3.8, 4) is 0 Å². The van der Waals surface area contributed by atoms with E-state index in [1.807, 2.05) is 6.92 Å². The van der Waals surface area contributed by atoms with E-state index in [4.69, 9.17) is 0 Å². The van der Waals surface area contributed by atoms with Crippen LogP contribution in [0.3, 0.4) is 0 Å². The number of urea groups is 1. The Morgan fingerprint density at radius 3 is 2.40 bits per heavy atom. The molecule has 1 N–H and O–H groups in total. The second kappa shape index (κ2) is 7.89. The van der Waals surface area contributed by atoms with Gasteiger partial charge in [0.25, 0.3) is 0 Å². The van der Waals surface area contributed by atoms with Crippen molar-refractivity contribution in [3.63, 3.8) is 0 Å². The first kappa shape index (κ1) is 21.7. The largest absolute Gasteiger partial charge is 0.327 e. The molecule has 3 amide bonds. The van der Waals surface area contributed by atoms with Crippen LogP contribution >= 0.6 is 0 Å². The average Bonchev–Trinajstić information content (AvgIpc) is 3.45. The van der Waals surface area contributed by atoms with E-state index < -0.39 is 27.2 Å². The van der Waals surface area contributed by atoms with Gasteiger partial charge in [-0.15, -0.1) is 0 Å². The van der Waals surface area contributed by atoms with Gasteiger partial charge in [0.05, 0.1) is 17.7 Å². The molecule has 30 heavy (non-hydrogen) atoms. The number of nitrogens with zero attached hydrogens (tertiary/aromatic N) is 2. The number of fused-ring (bicyclic) bond motifs is 1. The van der Waals surface area contributed by atoms with Crippen LogP contribution in [0.15, 0.2) is 0 Å². The third kappa shape index (κ3) is 4.15. The third-order valence-electron chi connectivity index (χ3n) is 7.58. The Bertz CT molecular complexity index is 832. The molecule has 4 fully saturated rings. The molecule has 168 valence electrons. The number of rotatable bonds is 6. The minimum Gasteiger partial charge on any atom is -0.324 e. The van der Waals surface area contributed by atoms with Gasteiger partial charge in [-0.3, -0.25) is 14.5 Å². The number of amides is 3. The van der Waals surface area contributed by atoms with Crippen LogP contribution in [-0.4, -0.2) is 66.4 Å². The van der Waals surface area contributed by atoms with Crippen LogP contribution in [0, 0.1) is 11.8 Å². The maximum atomic E-state index is 13.2. The molecular weight excluding hydrogens is 406 g/mol. The highest BCUT2D eigenvalue weighted by atomic mass is 32.2. The summed E-state index contributed by atoms with van der Waals surface area (Å²) in [5, 5.41) is -0.641. The van der Waals surface area contributed by atoms with Crippen molar-refractivity contribution in [2.24, 2.45) is 11.8 Å². The maximum Gasteiger partial charge on any atom is 0.327 e. The van der Waals surface area contributed by atoms with Crippen molar-refractivity contribution >= 4 is 27.7 Å². The van der Waals surface area contributed by atoms with Crippen LogP contribution in [0.2, 0.25) is 0 Å². The van der Waals surface area contributed by atoms with Crippen molar-refractivity contribution in [1.29, 1.82) is 0 Å². The van der Waals surface area contributed by atoms with Gasteiger partial charge in [0, 0.05) is 24.5 Å². The lowest BCUT2D eigenvalue weighted by Gasteiger charge is -2.46. The summed E-state index contributed by atoms with van der Waals surface area (Å²) in [6.45, 7) is 1.70. The molecule has 1 saturated heterocycles.